The van der Waals surface area contributed by atoms with E-state index in [1.54, 1.807) is 0 Å². The summed E-state index contributed by atoms with van der Waals surface area (Å²) in [5.74, 6) is -3.09. The molecule has 0 bridgehead atoms. The van der Waals surface area contributed by atoms with Crippen molar-refractivity contribution in [1.29, 1.82) is 0 Å². The van der Waals surface area contributed by atoms with E-state index >= 15 is 0 Å². The van der Waals surface area contributed by atoms with Gasteiger partial charge in [-0.05, 0) is 12.2 Å². The Morgan fingerprint density at radius 2 is 1.09 bits per heavy atom. The topological polar surface area (TPSA) is 112 Å². The van der Waals surface area contributed by atoms with Gasteiger partial charge in [0.05, 0.1) is 11.9 Å². The van der Waals surface area contributed by atoms with E-state index in [2.05, 4.69) is 0 Å². The summed E-state index contributed by atoms with van der Waals surface area (Å²) in [7, 11) is 0. The van der Waals surface area contributed by atoms with Gasteiger partial charge in [-0.15, -0.1) is 0 Å². The van der Waals surface area contributed by atoms with Crippen LogP contribution in [0.1, 0.15) is 0 Å². The van der Waals surface area contributed by atoms with Gasteiger partial charge in [0, 0.05) is 0 Å². The molecule has 0 aliphatic heterocycles. The second-order valence-corrected chi connectivity index (χ2v) is 0.971. The zero-order valence-electron chi connectivity index (χ0n) is 6.29. The molecule has 0 unspecified atom stereocenters. The maximum atomic E-state index is 9.41. The molecule has 11 heavy (non-hydrogen) atoms. The van der Waals surface area contributed by atoms with Crippen LogP contribution in [0.4, 0.5) is 0 Å². The maximum absolute atomic E-state index is 9.41. The number of carbonyl (C=O) groups is 2. The molecule has 0 aliphatic carbocycles. The number of hydrogen-bond acceptors (Lipinski definition) is 4. The third-order valence-corrected chi connectivity index (χ3v) is 0.355. The molecule has 0 aromatic carbocycles. The predicted molar refractivity (Wildman–Crippen MR) is 22.8 cm³/mol. The monoisotopic (exact) mass is 178 g/mol. The van der Waals surface area contributed by atoms with Crippen molar-refractivity contribution < 1.29 is 84.4 Å². The molecule has 0 fully saturated rings. The van der Waals surface area contributed by atoms with Crippen molar-refractivity contribution in [2.45, 2.75) is 0 Å². The molecule has 0 aromatic heterocycles. The fourth-order valence-corrected chi connectivity index (χ4v) is 0.136. The Kier molecular flexibility index (Phi) is 27.2. The fraction of sp³-hybridized carbons (Fsp3) is 0. The van der Waals surface area contributed by atoms with Gasteiger partial charge in [0.25, 0.3) is 0 Å². The second kappa shape index (κ2) is 13.2. The SMILES string of the molecule is O.O=C([O-])/C=C\C(=O)[O-].[Na+].[Na+]. The van der Waals surface area contributed by atoms with E-state index in [1.807, 2.05) is 0 Å². The molecule has 5 nitrogen and oxygen atoms in total. The van der Waals surface area contributed by atoms with Crippen LogP contribution in [0.5, 0.6) is 0 Å². The van der Waals surface area contributed by atoms with Gasteiger partial charge < -0.3 is 25.3 Å². The normalized spacial score (nSPS) is 6.91. The van der Waals surface area contributed by atoms with Crippen molar-refractivity contribution in [1.82, 2.24) is 0 Å². The number of carboxylic acid groups (broad SMARTS) is 2. The quantitative estimate of drug-likeness (QED) is 0.308. The Bertz CT molecular complexity index is 127. The minimum Gasteiger partial charge on any atom is -0.545 e. The average molecular weight is 178 g/mol. The van der Waals surface area contributed by atoms with Crippen LogP contribution in [0, 0.1) is 0 Å². The van der Waals surface area contributed by atoms with Crippen molar-refractivity contribution in [2.75, 3.05) is 0 Å². The standard InChI is InChI=1S/C4H4O4.2Na.H2O/c5-3(6)1-2-4(7)8;;;/h1-2H,(H,5,6)(H,7,8);;;1H2/q;2*+1;/p-2/b2-1-;;;. The summed E-state index contributed by atoms with van der Waals surface area (Å²) >= 11 is 0. The first-order valence-corrected chi connectivity index (χ1v) is 1.73. The zero-order chi connectivity index (χ0) is 6.57. The van der Waals surface area contributed by atoms with E-state index in [0.717, 1.165) is 0 Å². The van der Waals surface area contributed by atoms with E-state index in [0.29, 0.717) is 12.2 Å². The van der Waals surface area contributed by atoms with Crippen molar-refractivity contribution in [3.8, 4) is 0 Å². The van der Waals surface area contributed by atoms with Crippen LogP contribution >= 0.6 is 0 Å². The molecule has 0 aromatic rings. The van der Waals surface area contributed by atoms with Crippen molar-refractivity contribution in [3.63, 3.8) is 0 Å². The first kappa shape index (κ1) is 22.6. The summed E-state index contributed by atoms with van der Waals surface area (Å²) in [6.45, 7) is 0. The minimum absolute atomic E-state index is 0. The molecular weight excluding hydrogens is 174 g/mol. The van der Waals surface area contributed by atoms with Crippen LogP contribution < -0.4 is 69.3 Å². The summed E-state index contributed by atoms with van der Waals surface area (Å²) in [5.41, 5.74) is 0. The molecule has 0 atom stereocenters. The van der Waals surface area contributed by atoms with Crippen molar-refractivity contribution in [3.05, 3.63) is 12.2 Å². The van der Waals surface area contributed by atoms with E-state index in [-0.39, 0.29) is 64.6 Å². The number of carboxylic acids is 2. The summed E-state index contributed by atoms with van der Waals surface area (Å²) < 4.78 is 0. The van der Waals surface area contributed by atoms with Gasteiger partial charge in [-0.25, -0.2) is 0 Å². The van der Waals surface area contributed by atoms with Crippen molar-refractivity contribution >= 4 is 11.9 Å². The summed E-state index contributed by atoms with van der Waals surface area (Å²) in [5, 5.41) is 18.8. The zero-order valence-corrected chi connectivity index (χ0v) is 10.3. The number of hydrogen-bond donors (Lipinski definition) is 0. The van der Waals surface area contributed by atoms with E-state index in [9.17, 15) is 19.8 Å². The molecule has 0 saturated heterocycles. The summed E-state index contributed by atoms with van der Waals surface area (Å²) in [6.07, 6.45) is 0.769. The molecule has 0 aliphatic rings. The fourth-order valence-electron chi connectivity index (χ4n) is 0.136. The second-order valence-electron chi connectivity index (χ2n) is 0.971. The molecule has 7 heteroatoms. The summed E-state index contributed by atoms with van der Waals surface area (Å²) in [4.78, 5) is 18.8. The smallest absolute Gasteiger partial charge is 0.545 e. The maximum Gasteiger partial charge on any atom is 1.00 e. The van der Waals surface area contributed by atoms with Gasteiger partial charge in [-0.3, -0.25) is 0 Å². The van der Waals surface area contributed by atoms with Crippen LogP contribution in [-0.2, 0) is 9.59 Å². The number of aliphatic carboxylic acids is 2. The molecule has 52 valence electrons. The number of carbonyl (C=O) groups excluding carboxylic acids is 2. The van der Waals surface area contributed by atoms with Crippen molar-refractivity contribution in [2.24, 2.45) is 0 Å². The minimum atomic E-state index is -1.55. The van der Waals surface area contributed by atoms with Crippen LogP contribution in [0.3, 0.4) is 0 Å². The van der Waals surface area contributed by atoms with Gasteiger partial charge in [-0.2, -0.15) is 0 Å². The average Bonchev–Trinajstić information content (AvgIpc) is 1.61. The van der Waals surface area contributed by atoms with E-state index in [1.165, 1.54) is 0 Å². The molecule has 0 spiro atoms. The molecule has 0 amide bonds. The van der Waals surface area contributed by atoms with Gasteiger partial charge >= 0.3 is 59.1 Å². The molecule has 2 N–H and O–H groups in total. The Labute approximate surface area is 107 Å². The van der Waals surface area contributed by atoms with Gasteiger partial charge in [0.2, 0.25) is 0 Å². The molecule has 0 heterocycles. The number of rotatable bonds is 2. The van der Waals surface area contributed by atoms with Gasteiger partial charge in [0.1, 0.15) is 0 Å². The Balaban J connectivity index is -0.0000000817. The molecule has 0 saturated carbocycles. The van der Waals surface area contributed by atoms with E-state index in [4.69, 9.17) is 0 Å². The first-order chi connectivity index (χ1) is 3.63. The first-order valence-electron chi connectivity index (χ1n) is 1.73. The van der Waals surface area contributed by atoms with Crippen LogP contribution in [0.2, 0.25) is 0 Å². The van der Waals surface area contributed by atoms with Crippen LogP contribution in [0.25, 0.3) is 0 Å². The third-order valence-electron chi connectivity index (χ3n) is 0.355. The van der Waals surface area contributed by atoms with Crippen LogP contribution in [-0.4, -0.2) is 17.4 Å². The van der Waals surface area contributed by atoms with Gasteiger partial charge in [0.15, 0.2) is 0 Å². The van der Waals surface area contributed by atoms with E-state index < -0.39 is 11.9 Å². The molecule has 0 rings (SSSR count). The Hall–Kier alpha value is 0.640. The molecule has 0 radical (unpaired) electrons. The van der Waals surface area contributed by atoms with Gasteiger partial charge in [-0.1, -0.05) is 0 Å². The molecular formula is C4H4Na2O5. The Morgan fingerprint density at radius 1 is 0.909 bits per heavy atom. The van der Waals surface area contributed by atoms with Crippen LogP contribution in [0.15, 0.2) is 12.2 Å². The summed E-state index contributed by atoms with van der Waals surface area (Å²) in [6, 6.07) is 0. The Morgan fingerprint density at radius 3 is 1.18 bits per heavy atom. The third kappa shape index (κ3) is 25.0. The predicted octanol–water partition coefficient (Wildman–Crippen LogP) is -9.77. The largest absolute Gasteiger partial charge is 1.00 e.